The number of benzene rings is 1. The van der Waals surface area contributed by atoms with E-state index in [0.717, 1.165) is 5.56 Å². The minimum absolute atomic E-state index is 0.297. The smallest absolute Gasteiger partial charge is 0.309 e. The average Bonchev–Trinajstić information content (AvgIpc) is 3.17. The van der Waals surface area contributed by atoms with E-state index in [2.05, 4.69) is 0 Å². The van der Waals surface area contributed by atoms with Crippen molar-refractivity contribution in [3.63, 3.8) is 0 Å². The second-order valence-electron chi connectivity index (χ2n) is 6.21. The Hall–Kier alpha value is -1.41. The van der Waals surface area contributed by atoms with E-state index in [9.17, 15) is 13.2 Å². The third-order valence-electron chi connectivity index (χ3n) is 4.51. The van der Waals surface area contributed by atoms with Crippen LogP contribution in [0.1, 0.15) is 31.4 Å². The number of rotatable bonds is 5. The van der Waals surface area contributed by atoms with Crippen LogP contribution in [0.3, 0.4) is 0 Å². The number of esters is 1. The van der Waals surface area contributed by atoms with E-state index in [1.807, 2.05) is 18.2 Å². The number of hydrogen-bond acceptors (Lipinski definition) is 5. The number of sulfonamides is 1. The molecule has 1 atom stereocenters. The summed E-state index contributed by atoms with van der Waals surface area (Å²) in [6, 6.07) is 10.6. The molecule has 5 nitrogen and oxygen atoms in total. The highest BCUT2D eigenvalue weighted by Gasteiger charge is 2.33. The summed E-state index contributed by atoms with van der Waals surface area (Å²) in [5.74, 6) is -0.597. The largest absolute Gasteiger partial charge is 0.458 e. The first-order valence-corrected chi connectivity index (χ1v) is 11.1. The number of ether oxygens (including phenoxy) is 1. The minimum Gasteiger partial charge on any atom is -0.458 e. The average molecular weight is 414 g/mol. The molecule has 0 saturated carbocycles. The molecule has 0 aliphatic carbocycles. The molecule has 2 heterocycles. The zero-order chi connectivity index (χ0) is 18.7. The molecule has 0 radical (unpaired) electrons. The van der Waals surface area contributed by atoms with E-state index < -0.39 is 16.1 Å². The predicted molar refractivity (Wildman–Crippen MR) is 102 cm³/mol. The summed E-state index contributed by atoms with van der Waals surface area (Å²) >= 11 is 7.35. The Morgan fingerprint density at radius 2 is 1.92 bits per heavy atom. The Labute approximate surface area is 162 Å². The quantitative estimate of drug-likeness (QED) is 0.692. The van der Waals surface area contributed by atoms with Gasteiger partial charge in [-0.2, -0.15) is 4.31 Å². The van der Waals surface area contributed by atoms with Crippen LogP contribution < -0.4 is 0 Å². The van der Waals surface area contributed by atoms with E-state index >= 15 is 0 Å². The first-order chi connectivity index (χ1) is 12.4. The SMILES string of the molecule is C[C@@H](OC(=O)C1CCN(S(=O)(=O)c2cccs2)CC1)c1ccccc1Cl. The molecule has 1 aromatic carbocycles. The van der Waals surface area contributed by atoms with Crippen LogP contribution in [0.15, 0.2) is 46.0 Å². The fourth-order valence-corrected chi connectivity index (χ4v) is 5.91. The molecule has 0 spiro atoms. The molecule has 1 aliphatic rings. The van der Waals surface area contributed by atoms with Crippen molar-refractivity contribution in [2.75, 3.05) is 13.1 Å². The van der Waals surface area contributed by atoms with Crippen molar-refractivity contribution in [1.82, 2.24) is 4.31 Å². The van der Waals surface area contributed by atoms with Gasteiger partial charge in [-0.1, -0.05) is 35.9 Å². The highest BCUT2D eigenvalue weighted by atomic mass is 35.5. The van der Waals surface area contributed by atoms with Gasteiger partial charge < -0.3 is 4.74 Å². The van der Waals surface area contributed by atoms with Crippen LogP contribution in [0.4, 0.5) is 0 Å². The number of carbonyl (C=O) groups excluding carboxylic acids is 1. The van der Waals surface area contributed by atoms with Gasteiger partial charge in [0.1, 0.15) is 10.3 Å². The zero-order valence-electron chi connectivity index (χ0n) is 14.3. The standard InChI is InChI=1S/C18H20ClNO4S2/c1-13(15-5-2-3-6-16(15)19)24-18(21)14-8-10-20(11-9-14)26(22,23)17-7-4-12-25-17/h2-7,12-14H,8-11H2,1H3/t13-/m1/s1. The first-order valence-electron chi connectivity index (χ1n) is 8.38. The maximum Gasteiger partial charge on any atom is 0.309 e. The molecule has 0 unspecified atom stereocenters. The van der Waals surface area contributed by atoms with Gasteiger partial charge in [-0.3, -0.25) is 4.79 Å². The Morgan fingerprint density at radius 1 is 1.23 bits per heavy atom. The molecule has 26 heavy (non-hydrogen) atoms. The molecule has 0 bridgehead atoms. The summed E-state index contributed by atoms with van der Waals surface area (Å²) in [6.07, 6.45) is 0.473. The van der Waals surface area contributed by atoms with Crippen molar-refractivity contribution in [3.8, 4) is 0 Å². The lowest BCUT2D eigenvalue weighted by Gasteiger charge is -2.30. The summed E-state index contributed by atoms with van der Waals surface area (Å²) in [5.41, 5.74) is 0.764. The fraction of sp³-hybridized carbons (Fsp3) is 0.389. The molecular formula is C18H20ClNO4S2. The van der Waals surface area contributed by atoms with E-state index in [0.29, 0.717) is 35.2 Å². The van der Waals surface area contributed by atoms with Gasteiger partial charge in [0.2, 0.25) is 0 Å². The molecule has 0 N–H and O–H groups in total. The number of hydrogen-bond donors (Lipinski definition) is 0. The maximum absolute atomic E-state index is 12.5. The highest BCUT2D eigenvalue weighted by Crippen LogP contribution is 2.30. The Balaban J connectivity index is 1.58. The van der Waals surface area contributed by atoms with Crippen LogP contribution >= 0.6 is 22.9 Å². The van der Waals surface area contributed by atoms with Crippen LogP contribution in [0.2, 0.25) is 5.02 Å². The summed E-state index contributed by atoms with van der Waals surface area (Å²) in [4.78, 5) is 12.4. The molecule has 1 fully saturated rings. The van der Waals surface area contributed by atoms with Crippen molar-refractivity contribution in [2.45, 2.75) is 30.1 Å². The molecule has 3 rings (SSSR count). The van der Waals surface area contributed by atoms with Crippen molar-refractivity contribution in [2.24, 2.45) is 5.92 Å². The van der Waals surface area contributed by atoms with Gasteiger partial charge >= 0.3 is 5.97 Å². The number of halogens is 1. The molecule has 8 heteroatoms. The molecule has 1 aromatic heterocycles. The van der Waals surface area contributed by atoms with Crippen molar-refractivity contribution in [3.05, 3.63) is 52.4 Å². The Morgan fingerprint density at radius 3 is 2.54 bits per heavy atom. The zero-order valence-corrected chi connectivity index (χ0v) is 16.7. The van der Waals surface area contributed by atoms with E-state index in [1.54, 1.807) is 30.5 Å². The summed E-state index contributed by atoms with van der Waals surface area (Å²) in [6.45, 7) is 2.43. The molecule has 0 amide bonds. The summed E-state index contributed by atoms with van der Waals surface area (Å²) in [7, 11) is -3.46. The lowest BCUT2D eigenvalue weighted by molar-refractivity contribution is -0.154. The van der Waals surface area contributed by atoms with E-state index in [1.165, 1.54) is 15.6 Å². The van der Waals surface area contributed by atoms with Crippen LogP contribution in [0.25, 0.3) is 0 Å². The molecule has 1 aliphatic heterocycles. The van der Waals surface area contributed by atoms with Crippen LogP contribution in [0.5, 0.6) is 0 Å². The Bertz CT molecular complexity index is 859. The highest BCUT2D eigenvalue weighted by molar-refractivity contribution is 7.91. The molecule has 1 saturated heterocycles. The first kappa shape index (κ1) is 19.4. The predicted octanol–water partition coefficient (Wildman–Crippen LogP) is 4.11. The van der Waals surface area contributed by atoms with Crippen LogP contribution in [-0.4, -0.2) is 31.8 Å². The third-order valence-corrected chi connectivity index (χ3v) is 8.13. The minimum atomic E-state index is -3.46. The number of carbonyl (C=O) groups is 1. The molecule has 140 valence electrons. The van der Waals surface area contributed by atoms with Crippen molar-refractivity contribution >= 4 is 38.9 Å². The van der Waals surface area contributed by atoms with E-state index in [4.69, 9.17) is 16.3 Å². The van der Waals surface area contributed by atoms with Gasteiger partial charge in [0, 0.05) is 23.7 Å². The third kappa shape index (κ3) is 4.11. The van der Waals surface area contributed by atoms with Gasteiger partial charge in [-0.15, -0.1) is 11.3 Å². The van der Waals surface area contributed by atoms with Gasteiger partial charge in [0.15, 0.2) is 0 Å². The van der Waals surface area contributed by atoms with Gasteiger partial charge in [0.05, 0.1) is 5.92 Å². The topological polar surface area (TPSA) is 63.7 Å². The fourth-order valence-electron chi connectivity index (χ4n) is 3.01. The molecular weight excluding hydrogens is 394 g/mol. The monoisotopic (exact) mass is 413 g/mol. The van der Waals surface area contributed by atoms with Gasteiger partial charge in [-0.05, 0) is 37.3 Å². The van der Waals surface area contributed by atoms with Crippen LogP contribution in [-0.2, 0) is 19.6 Å². The van der Waals surface area contributed by atoms with Gasteiger partial charge in [0.25, 0.3) is 10.0 Å². The van der Waals surface area contributed by atoms with Gasteiger partial charge in [-0.25, -0.2) is 8.42 Å². The normalized spacial score (nSPS) is 17.8. The number of nitrogens with zero attached hydrogens (tertiary/aromatic N) is 1. The lowest BCUT2D eigenvalue weighted by atomic mass is 9.98. The molecule has 2 aromatic rings. The number of thiophene rings is 1. The Kier molecular flexibility index (Phi) is 6.02. The van der Waals surface area contributed by atoms with E-state index in [-0.39, 0.29) is 11.9 Å². The van der Waals surface area contributed by atoms with Crippen molar-refractivity contribution in [1.29, 1.82) is 0 Å². The summed E-state index contributed by atoms with van der Waals surface area (Å²) in [5, 5.41) is 2.30. The summed E-state index contributed by atoms with van der Waals surface area (Å²) < 4.78 is 32.4. The second kappa shape index (κ2) is 8.08. The number of piperidine rings is 1. The maximum atomic E-state index is 12.5. The second-order valence-corrected chi connectivity index (χ2v) is 9.73. The van der Waals surface area contributed by atoms with Crippen molar-refractivity contribution < 1.29 is 17.9 Å². The lowest BCUT2D eigenvalue weighted by Crippen LogP contribution is -2.40. The van der Waals surface area contributed by atoms with Crippen LogP contribution in [0, 0.1) is 5.92 Å².